The minimum atomic E-state index is -4.81. The molecular weight excluding hydrogens is 321 g/mol. The summed E-state index contributed by atoms with van der Waals surface area (Å²) in [6.45, 7) is 1.88. The number of alkyl halides is 3. The maximum absolute atomic E-state index is 12.8. The molecule has 1 N–H and O–H groups in total. The molecule has 22 heavy (non-hydrogen) atoms. The third-order valence-corrected chi connectivity index (χ3v) is 4.43. The molecule has 1 atom stereocenters. The Morgan fingerprint density at radius 1 is 1.41 bits per heavy atom. The summed E-state index contributed by atoms with van der Waals surface area (Å²) in [6.07, 6.45) is -4.43. The van der Waals surface area contributed by atoms with E-state index >= 15 is 0 Å². The molecule has 1 aromatic rings. The second-order valence-electron chi connectivity index (χ2n) is 4.62. The summed E-state index contributed by atoms with van der Waals surface area (Å²) in [5, 5.41) is 8.69. The summed E-state index contributed by atoms with van der Waals surface area (Å²) in [5.41, 5.74) is -1.90. The molecule has 0 aliphatic carbocycles. The van der Waals surface area contributed by atoms with Gasteiger partial charge in [-0.05, 0) is 31.5 Å². The lowest BCUT2D eigenvalue weighted by atomic mass is 10.1. The minimum Gasteiger partial charge on any atom is -0.385 e. The van der Waals surface area contributed by atoms with Crippen molar-refractivity contribution in [1.29, 1.82) is 5.26 Å². The highest BCUT2D eigenvalue weighted by atomic mass is 32.2. The number of ether oxygens (including phenoxy) is 1. The first kappa shape index (κ1) is 18.4. The fourth-order valence-electron chi connectivity index (χ4n) is 1.71. The highest BCUT2D eigenvalue weighted by molar-refractivity contribution is 7.89. The molecule has 0 aliphatic rings. The molecule has 122 valence electrons. The van der Waals surface area contributed by atoms with Crippen LogP contribution in [0.15, 0.2) is 23.1 Å². The standard InChI is InChI=1S/C13H15F3N2O3S/c1-9(5-6-21-2)18-22(19,20)11-4-3-10(8-17)12(7-11)13(14,15)16/h3-4,7,9,18H,5-6H2,1-2H3/t9-/m1/s1. The van der Waals surface area contributed by atoms with Crippen LogP contribution in [0.4, 0.5) is 13.2 Å². The molecule has 1 aromatic carbocycles. The van der Waals surface area contributed by atoms with Gasteiger partial charge in [-0.1, -0.05) is 0 Å². The first-order valence-corrected chi connectivity index (χ1v) is 7.72. The number of sulfonamides is 1. The normalized spacial score (nSPS) is 13.6. The Labute approximate surface area is 126 Å². The van der Waals surface area contributed by atoms with E-state index in [1.807, 2.05) is 0 Å². The lowest BCUT2D eigenvalue weighted by Crippen LogP contribution is -2.33. The van der Waals surface area contributed by atoms with Gasteiger partial charge in [0.05, 0.1) is 22.1 Å². The molecule has 0 heterocycles. The lowest BCUT2D eigenvalue weighted by molar-refractivity contribution is -0.137. The summed E-state index contributed by atoms with van der Waals surface area (Å²) in [5.74, 6) is 0. The highest BCUT2D eigenvalue weighted by Gasteiger charge is 2.35. The van der Waals surface area contributed by atoms with Crippen LogP contribution in [0.1, 0.15) is 24.5 Å². The van der Waals surface area contributed by atoms with Crippen molar-refractivity contribution in [3.05, 3.63) is 29.3 Å². The van der Waals surface area contributed by atoms with Gasteiger partial charge in [0.1, 0.15) is 0 Å². The quantitative estimate of drug-likeness (QED) is 0.864. The lowest BCUT2D eigenvalue weighted by Gasteiger charge is -2.15. The van der Waals surface area contributed by atoms with Crippen LogP contribution in [0.2, 0.25) is 0 Å². The molecule has 9 heteroatoms. The monoisotopic (exact) mass is 336 g/mol. The van der Waals surface area contributed by atoms with Crippen LogP contribution in [0.3, 0.4) is 0 Å². The maximum Gasteiger partial charge on any atom is 0.417 e. The number of methoxy groups -OCH3 is 1. The van der Waals surface area contributed by atoms with Crippen LogP contribution < -0.4 is 4.72 Å². The van der Waals surface area contributed by atoms with Crippen molar-refractivity contribution in [2.75, 3.05) is 13.7 Å². The number of nitriles is 1. The smallest absolute Gasteiger partial charge is 0.385 e. The van der Waals surface area contributed by atoms with Gasteiger partial charge in [-0.25, -0.2) is 13.1 Å². The van der Waals surface area contributed by atoms with Gasteiger partial charge in [-0.2, -0.15) is 18.4 Å². The maximum atomic E-state index is 12.8. The van der Waals surface area contributed by atoms with Gasteiger partial charge in [0.2, 0.25) is 10.0 Å². The third kappa shape index (κ3) is 4.69. The molecule has 0 unspecified atom stereocenters. The SMILES string of the molecule is COCC[C@@H](C)NS(=O)(=O)c1ccc(C#N)c(C(F)(F)F)c1. The van der Waals surface area contributed by atoms with E-state index in [0.717, 1.165) is 12.1 Å². The van der Waals surface area contributed by atoms with Crippen molar-refractivity contribution in [2.45, 2.75) is 30.5 Å². The number of hydrogen-bond acceptors (Lipinski definition) is 4. The molecule has 5 nitrogen and oxygen atoms in total. The molecule has 0 radical (unpaired) electrons. The largest absolute Gasteiger partial charge is 0.417 e. The van der Waals surface area contributed by atoms with Crippen molar-refractivity contribution in [3.8, 4) is 6.07 Å². The molecule has 0 saturated carbocycles. The highest BCUT2D eigenvalue weighted by Crippen LogP contribution is 2.33. The van der Waals surface area contributed by atoms with Crippen LogP contribution in [0.25, 0.3) is 0 Å². The van der Waals surface area contributed by atoms with Gasteiger partial charge in [0.15, 0.2) is 0 Å². The number of nitrogens with zero attached hydrogens (tertiary/aromatic N) is 1. The molecule has 1 rings (SSSR count). The molecule has 0 fully saturated rings. The van der Waals surface area contributed by atoms with Crippen LogP contribution in [0, 0.1) is 11.3 Å². The average Bonchev–Trinajstić information content (AvgIpc) is 2.43. The van der Waals surface area contributed by atoms with E-state index in [1.165, 1.54) is 13.2 Å². The van der Waals surface area contributed by atoms with Crippen molar-refractivity contribution >= 4 is 10.0 Å². The fraction of sp³-hybridized carbons (Fsp3) is 0.462. The number of rotatable bonds is 6. The van der Waals surface area contributed by atoms with Crippen LogP contribution in [-0.2, 0) is 20.9 Å². The summed E-state index contributed by atoms with van der Waals surface area (Å²) in [7, 11) is -2.66. The zero-order chi connectivity index (χ0) is 17.0. The van der Waals surface area contributed by atoms with Crippen LogP contribution >= 0.6 is 0 Å². The van der Waals surface area contributed by atoms with E-state index in [-0.39, 0.29) is 0 Å². The number of nitrogens with one attached hydrogen (secondary N) is 1. The van der Waals surface area contributed by atoms with Gasteiger partial charge in [0.25, 0.3) is 0 Å². The first-order chi connectivity index (χ1) is 10.1. The summed E-state index contributed by atoms with van der Waals surface area (Å²) in [4.78, 5) is -0.539. The topological polar surface area (TPSA) is 79.2 Å². The van der Waals surface area contributed by atoms with Crippen LogP contribution in [0.5, 0.6) is 0 Å². The van der Waals surface area contributed by atoms with Gasteiger partial charge >= 0.3 is 6.18 Å². The Morgan fingerprint density at radius 3 is 2.55 bits per heavy atom. The molecule has 0 spiro atoms. The second kappa shape index (κ2) is 7.09. The van der Waals surface area contributed by atoms with Crippen molar-refractivity contribution in [2.24, 2.45) is 0 Å². The van der Waals surface area contributed by atoms with Crippen LogP contribution in [-0.4, -0.2) is 28.2 Å². The Balaban J connectivity index is 3.14. The molecule has 0 amide bonds. The Kier molecular flexibility index (Phi) is 5.93. The third-order valence-electron chi connectivity index (χ3n) is 2.84. The van der Waals surface area contributed by atoms with E-state index in [4.69, 9.17) is 10.00 Å². The molecule has 0 saturated heterocycles. The first-order valence-electron chi connectivity index (χ1n) is 6.24. The van der Waals surface area contributed by atoms with E-state index in [1.54, 1.807) is 6.92 Å². The Bertz CT molecular complexity index is 666. The second-order valence-corrected chi connectivity index (χ2v) is 6.33. The Morgan fingerprint density at radius 2 is 2.05 bits per heavy atom. The summed E-state index contributed by atoms with van der Waals surface area (Å²) < 4.78 is 69.8. The van der Waals surface area contributed by atoms with Crippen molar-refractivity contribution < 1.29 is 26.3 Å². The summed E-state index contributed by atoms with van der Waals surface area (Å²) in [6, 6.07) is 3.17. The van der Waals surface area contributed by atoms with Crippen molar-refractivity contribution in [1.82, 2.24) is 4.72 Å². The fourth-order valence-corrected chi connectivity index (χ4v) is 3.01. The summed E-state index contributed by atoms with van der Waals surface area (Å²) >= 11 is 0. The molecular formula is C13H15F3N2O3S. The van der Waals surface area contributed by atoms with E-state index in [0.29, 0.717) is 19.1 Å². The number of benzene rings is 1. The zero-order valence-electron chi connectivity index (χ0n) is 11.9. The van der Waals surface area contributed by atoms with Crippen molar-refractivity contribution in [3.63, 3.8) is 0 Å². The van der Waals surface area contributed by atoms with Gasteiger partial charge in [-0.15, -0.1) is 0 Å². The van der Waals surface area contributed by atoms with Gasteiger partial charge in [0, 0.05) is 19.8 Å². The van der Waals surface area contributed by atoms with E-state index in [2.05, 4.69) is 4.72 Å². The molecule has 0 aliphatic heterocycles. The average molecular weight is 336 g/mol. The van der Waals surface area contributed by atoms with E-state index < -0.39 is 38.3 Å². The molecule has 0 bridgehead atoms. The van der Waals surface area contributed by atoms with E-state index in [9.17, 15) is 21.6 Å². The number of halogens is 3. The molecule has 0 aromatic heterocycles. The predicted octanol–water partition coefficient (Wildman–Crippen LogP) is 2.28. The zero-order valence-corrected chi connectivity index (χ0v) is 12.8. The Hall–Kier alpha value is -1.63. The predicted molar refractivity (Wildman–Crippen MR) is 72.4 cm³/mol. The number of hydrogen-bond donors (Lipinski definition) is 1. The van der Waals surface area contributed by atoms with Gasteiger partial charge < -0.3 is 4.74 Å². The van der Waals surface area contributed by atoms with Gasteiger partial charge in [-0.3, -0.25) is 0 Å². The minimum absolute atomic E-state index is 0.310.